The van der Waals surface area contributed by atoms with Gasteiger partial charge in [-0.2, -0.15) is 5.10 Å². The van der Waals surface area contributed by atoms with Gasteiger partial charge >= 0.3 is 0 Å². The van der Waals surface area contributed by atoms with E-state index in [-0.39, 0.29) is 18.9 Å². The number of ether oxygens (including phenoxy) is 1. The van der Waals surface area contributed by atoms with E-state index in [1.165, 1.54) is 17.7 Å². The number of amides is 1. The molecule has 234 valence electrons. The van der Waals surface area contributed by atoms with Gasteiger partial charge in [0.1, 0.15) is 23.1 Å². The highest BCUT2D eigenvalue weighted by Gasteiger charge is 2.31. The van der Waals surface area contributed by atoms with Crippen LogP contribution in [0, 0.1) is 5.92 Å². The topological polar surface area (TPSA) is 135 Å². The number of carbonyl (C=O) groups is 1. The van der Waals surface area contributed by atoms with Crippen molar-refractivity contribution in [3.05, 3.63) is 78.6 Å². The molecule has 1 amide bonds. The molecule has 1 aliphatic heterocycles. The lowest BCUT2D eigenvalue weighted by atomic mass is 10.0. The molecule has 6 aromatic rings. The summed E-state index contributed by atoms with van der Waals surface area (Å²) in [5.74, 6) is 2.10. The van der Waals surface area contributed by atoms with Gasteiger partial charge in [-0.05, 0) is 55.5 Å². The van der Waals surface area contributed by atoms with Crippen LogP contribution in [-0.2, 0) is 13.1 Å². The third-order valence-electron chi connectivity index (χ3n) is 8.78. The lowest BCUT2D eigenvalue weighted by Crippen LogP contribution is -2.50. The molecule has 2 atom stereocenters. The van der Waals surface area contributed by atoms with Crippen LogP contribution >= 0.6 is 0 Å². The van der Waals surface area contributed by atoms with Crippen molar-refractivity contribution in [2.24, 2.45) is 11.7 Å². The van der Waals surface area contributed by atoms with E-state index >= 15 is 0 Å². The average Bonchev–Trinajstić information content (AvgIpc) is 3.47. The molecule has 0 spiro atoms. The van der Waals surface area contributed by atoms with Crippen LogP contribution in [-0.4, -0.2) is 82.1 Å². The number of likely N-dealkylation sites (tertiary alicyclic amines) is 1. The first-order valence-corrected chi connectivity index (χ1v) is 15.5. The maximum Gasteiger partial charge on any atom is 0.254 e. The standard InChI is InChI=1S/C33H33FN10O2/c1-46-28-11-23(33(45)41-18-24(34)12-25(35)19-41)9-26-30(28)43(16-21-13-39-44(17-21)29-14-36-7-8-37-29)32(40-26)27-10-22-3-2-6-38-31(22)42(27)15-20-4-5-20/h2-3,6-11,13-14,17,20,24-25H,4-5,12,15-16,18-19,35H2,1H3/t24-,25-/m1/s1. The summed E-state index contributed by atoms with van der Waals surface area (Å²) in [5, 5.41) is 5.56. The van der Waals surface area contributed by atoms with Crippen LogP contribution < -0.4 is 10.5 Å². The van der Waals surface area contributed by atoms with E-state index < -0.39 is 12.2 Å². The Bertz CT molecular complexity index is 2060. The molecular weight excluding hydrogens is 587 g/mol. The number of alkyl halides is 1. The van der Waals surface area contributed by atoms with E-state index in [2.05, 4.69) is 36.3 Å². The van der Waals surface area contributed by atoms with Crippen LogP contribution in [0.1, 0.15) is 35.2 Å². The number of hydrogen-bond donors (Lipinski definition) is 1. The summed E-state index contributed by atoms with van der Waals surface area (Å²) >= 11 is 0. The second kappa shape index (κ2) is 11.3. The Morgan fingerprint density at radius 1 is 1.09 bits per heavy atom. The van der Waals surface area contributed by atoms with Crippen molar-refractivity contribution < 1.29 is 13.9 Å². The largest absolute Gasteiger partial charge is 0.494 e. The van der Waals surface area contributed by atoms with Crippen LogP contribution in [0.5, 0.6) is 5.75 Å². The van der Waals surface area contributed by atoms with Crippen LogP contribution in [0.2, 0.25) is 0 Å². The van der Waals surface area contributed by atoms with Crippen molar-refractivity contribution in [2.75, 3.05) is 20.2 Å². The van der Waals surface area contributed by atoms with E-state index in [1.807, 2.05) is 18.5 Å². The number of benzene rings is 1. The molecule has 1 saturated carbocycles. The molecule has 0 unspecified atom stereocenters. The summed E-state index contributed by atoms with van der Waals surface area (Å²) in [6.45, 7) is 1.56. The number of methoxy groups -OCH3 is 1. The molecular formula is C33H33FN10O2. The number of halogens is 1. The van der Waals surface area contributed by atoms with Gasteiger partial charge < -0.3 is 24.5 Å². The quantitative estimate of drug-likeness (QED) is 0.270. The van der Waals surface area contributed by atoms with E-state index in [0.717, 1.165) is 34.4 Å². The number of aromatic nitrogens is 8. The number of carbonyl (C=O) groups excluding carboxylic acids is 1. The molecule has 8 rings (SSSR count). The number of fused-ring (bicyclic) bond motifs is 2. The SMILES string of the molecule is COc1cc(C(=O)N2C[C@H](N)C[C@@H](F)C2)cc2nc(-c3cc4cccnc4n3CC3CC3)n(Cc3cnn(-c4cnccn4)c3)c12. The van der Waals surface area contributed by atoms with Crippen LogP contribution in [0.25, 0.3) is 39.4 Å². The van der Waals surface area contributed by atoms with Gasteiger partial charge in [-0.1, -0.05) is 0 Å². The van der Waals surface area contributed by atoms with Crippen molar-refractivity contribution in [3.63, 3.8) is 0 Å². The minimum atomic E-state index is -1.16. The fraction of sp³-hybridized carbons (Fsp3) is 0.333. The van der Waals surface area contributed by atoms with E-state index in [1.54, 1.807) is 48.7 Å². The first-order chi connectivity index (χ1) is 22.4. The number of pyridine rings is 1. The van der Waals surface area contributed by atoms with Gasteiger partial charge in [0, 0.05) is 60.4 Å². The Hall–Kier alpha value is -5.17. The maximum atomic E-state index is 14.4. The monoisotopic (exact) mass is 620 g/mol. The highest BCUT2D eigenvalue weighted by Crippen LogP contribution is 2.38. The lowest BCUT2D eigenvalue weighted by Gasteiger charge is -2.33. The van der Waals surface area contributed by atoms with Crippen LogP contribution in [0.4, 0.5) is 4.39 Å². The van der Waals surface area contributed by atoms with E-state index in [4.69, 9.17) is 20.4 Å². The van der Waals surface area contributed by atoms with Gasteiger partial charge in [-0.25, -0.2) is 24.0 Å². The van der Waals surface area contributed by atoms with Gasteiger partial charge in [-0.3, -0.25) is 9.78 Å². The van der Waals surface area contributed by atoms with Crippen molar-refractivity contribution >= 4 is 28.0 Å². The fourth-order valence-electron chi connectivity index (χ4n) is 6.46. The zero-order chi connectivity index (χ0) is 31.4. The van der Waals surface area contributed by atoms with Crippen molar-refractivity contribution in [3.8, 4) is 23.1 Å². The average molecular weight is 621 g/mol. The normalized spacial score (nSPS) is 18.5. The third-order valence-corrected chi connectivity index (χ3v) is 8.78. The highest BCUT2D eigenvalue weighted by molar-refractivity contribution is 6.00. The molecule has 2 N–H and O–H groups in total. The van der Waals surface area contributed by atoms with Crippen LogP contribution in [0.3, 0.4) is 0 Å². The Labute approximate surface area is 263 Å². The summed E-state index contributed by atoms with van der Waals surface area (Å²) in [7, 11) is 1.58. The molecule has 2 fully saturated rings. The number of imidazole rings is 1. The molecule has 12 nitrogen and oxygen atoms in total. The summed E-state index contributed by atoms with van der Waals surface area (Å²) in [6.07, 6.45) is 11.9. The Morgan fingerprint density at radius 3 is 2.76 bits per heavy atom. The van der Waals surface area contributed by atoms with Gasteiger partial charge in [0.2, 0.25) is 0 Å². The van der Waals surface area contributed by atoms with Crippen molar-refractivity contribution in [2.45, 2.75) is 44.6 Å². The van der Waals surface area contributed by atoms with Crippen LogP contribution in [0.15, 0.2) is 67.5 Å². The van der Waals surface area contributed by atoms with E-state index in [9.17, 15) is 9.18 Å². The second-order valence-corrected chi connectivity index (χ2v) is 12.2. The fourth-order valence-corrected chi connectivity index (χ4v) is 6.46. The molecule has 1 aliphatic carbocycles. The first-order valence-electron chi connectivity index (χ1n) is 15.5. The van der Waals surface area contributed by atoms with Crippen molar-refractivity contribution in [1.82, 2.24) is 43.8 Å². The third kappa shape index (κ3) is 5.15. The number of nitrogens with zero attached hydrogens (tertiary/aromatic N) is 9. The highest BCUT2D eigenvalue weighted by atomic mass is 19.1. The van der Waals surface area contributed by atoms with Crippen molar-refractivity contribution in [1.29, 1.82) is 0 Å². The molecule has 2 aliphatic rings. The van der Waals surface area contributed by atoms with Gasteiger partial charge in [0.05, 0.1) is 43.8 Å². The lowest BCUT2D eigenvalue weighted by molar-refractivity contribution is 0.0606. The van der Waals surface area contributed by atoms with Gasteiger partial charge in [0.25, 0.3) is 5.91 Å². The Kier molecular flexibility index (Phi) is 6.97. The molecule has 1 aromatic carbocycles. The Balaban J connectivity index is 1.29. The maximum absolute atomic E-state index is 14.4. The minimum absolute atomic E-state index is 0.0105. The Morgan fingerprint density at radius 2 is 1.98 bits per heavy atom. The zero-order valence-corrected chi connectivity index (χ0v) is 25.3. The predicted molar refractivity (Wildman–Crippen MR) is 169 cm³/mol. The first kappa shape index (κ1) is 28.3. The number of nitrogens with two attached hydrogens (primary N) is 1. The predicted octanol–water partition coefficient (Wildman–Crippen LogP) is 4.01. The zero-order valence-electron chi connectivity index (χ0n) is 25.3. The molecule has 46 heavy (non-hydrogen) atoms. The summed E-state index contributed by atoms with van der Waals surface area (Å²) in [6, 6.07) is 9.19. The molecule has 0 radical (unpaired) electrons. The summed E-state index contributed by atoms with van der Waals surface area (Å²) in [4.78, 5) is 33.6. The van der Waals surface area contributed by atoms with Gasteiger partial charge in [-0.15, -0.1) is 0 Å². The molecule has 1 saturated heterocycles. The summed E-state index contributed by atoms with van der Waals surface area (Å²) < 4.78 is 26.4. The second-order valence-electron chi connectivity index (χ2n) is 12.2. The van der Waals surface area contributed by atoms with E-state index in [0.29, 0.717) is 47.5 Å². The molecule has 0 bridgehead atoms. The number of piperidine rings is 1. The number of hydrogen-bond acceptors (Lipinski definition) is 8. The minimum Gasteiger partial charge on any atom is -0.494 e. The number of rotatable bonds is 8. The molecule has 5 aromatic heterocycles. The summed E-state index contributed by atoms with van der Waals surface area (Å²) in [5.41, 5.74) is 10.5. The smallest absolute Gasteiger partial charge is 0.254 e. The van der Waals surface area contributed by atoms with Gasteiger partial charge in [0.15, 0.2) is 11.6 Å². The molecule has 13 heteroatoms. The molecule has 6 heterocycles.